The minimum atomic E-state index is -0.901. The van der Waals surface area contributed by atoms with E-state index >= 15 is 0 Å². The molecule has 1 aromatic carbocycles. The molecule has 8 heteroatoms. The average molecular weight is 525 g/mol. The number of fused-ring (bicyclic) bond motifs is 2. The van der Waals surface area contributed by atoms with Gasteiger partial charge in [0.2, 0.25) is 11.8 Å². The minimum absolute atomic E-state index is 0.136. The number of carbonyl (C=O) groups excluding carboxylic acids is 3. The number of aliphatic hydroxyl groups excluding tert-OH is 1. The summed E-state index contributed by atoms with van der Waals surface area (Å²) in [6.45, 7) is 5.02. The zero-order valence-electron chi connectivity index (χ0n) is 21.5. The lowest BCUT2D eigenvalue weighted by atomic mass is 9.78. The highest BCUT2D eigenvalue weighted by atomic mass is 32.2. The number of carbonyl (C=O) groups is 3. The molecule has 1 spiro atoms. The number of nitrogens with zero attached hydrogens (tertiary/aromatic N) is 2. The van der Waals surface area contributed by atoms with Gasteiger partial charge in [0.15, 0.2) is 0 Å². The highest BCUT2D eigenvalue weighted by molar-refractivity contribution is 8.02. The second-order valence-electron chi connectivity index (χ2n) is 10.9. The summed E-state index contributed by atoms with van der Waals surface area (Å²) < 4.78 is 4.72. The van der Waals surface area contributed by atoms with Crippen LogP contribution in [-0.4, -0.2) is 74.5 Å². The molecule has 198 valence electrons. The molecule has 0 saturated carbocycles. The highest BCUT2D eigenvalue weighted by Crippen LogP contribution is 2.61. The predicted octanol–water partition coefficient (Wildman–Crippen LogP) is 3.18. The lowest BCUT2D eigenvalue weighted by Crippen LogP contribution is -2.56. The molecule has 0 aliphatic carbocycles. The van der Waals surface area contributed by atoms with Gasteiger partial charge in [0.05, 0.1) is 35.8 Å². The first-order valence-electron chi connectivity index (χ1n) is 13.3. The van der Waals surface area contributed by atoms with Crippen molar-refractivity contribution < 1.29 is 24.2 Å². The van der Waals surface area contributed by atoms with Crippen LogP contribution in [0.2, 0.25) is 0 Å². The number of aliphatic hydroxyl groups is 1. The third-order valence-corrected chi connectivity index (χ3v) is 9.68. The van der Waals surface area contributed by atoms with E-state index in [9.17, 15) is 19.5 Å². The van der Waals surface area contributed by atoms with Gasteiger partial charge in [0, 0.05) is 18.3 Å². The van der Waals surface area contributed by atoms with Gasteiger partial charge in [-0.05, 0) is 30.7 Å². The molecule has 4 aliphatic heterocycles. The van der Waals surface area contributed by atoms with E-state index in [1.165, 1.54) is 0 Å². The van der Waals surface area contributed by atoms with Crippen molar-refractivity contribution in [3.63, 3.8) is 0 Å². The first kappa shape index (κ1) is 26.0. The van der Waals surface area contributed by atoms with Crippen molar-refractivity contribution in [3.05, 3.63) is 60.2 Å². The summed E-state index contributed by atoms with van der Waals surface area (Å²) in [5.41, 5.74) is 1.01. The Morgan fingerprint density at radius 2 is 1.92 bits per heavy atom. The van der Waals surface area contributed by atoms with Gasteiger partial charge in [0.25, 0.3) is 0 Å². The van der Waals surface area contributed by atoms with Crippen molar-refractivity contribution in [3.8, 4) is 0 Å². The molecular formula is C29H36N2O5S. The Balaban J connectivity index is 1.60. The average Bonchev–Trinajstić information content (AvgIpc) is 3.30. The maximum absolute atomic E-state index is 14.4. The van der Waals surface area contributed by atoms with Crippen LogP contribution in [0.25, 0.3) is 0 Å². The lowest BCUT2D eigenvalue weighted by molar-refractivity contribution is -0.153. The Kier molecular flexibility index (Phi) is 7.50. The normalized spacial score (nSPS) is 33.1. The molecule has 1 N–H and O–H groups in total. The predicted molar refractivity (Wildman–Crippen MR) is 142 cm³/mol. The molecule has 2 saturated heterocycles. The fourth-order valence-electron chi connectivity index (χ4n) is 6.40. The molecular weight excluding hydrogens is 488 g/mol. The molecule has 1 unspecified atom stereocenters. The first-order chi connectivity index (χ1) is 17.9. The minimum Gasteiger partial charge on any atom is -0.465 e. The summed E-state index contributed by atoms with van der Waals surface area (Å²) in [6.07, 6.45) is 10.2. The van der Waals surface area contributed by atoms with Crippen molar-refractivity contribution in [2.45, 2.75) is 61.7 Å². The van der Waals surface area contributed by atoms with Gasteiger partial charge in [-0.25, -0.2) is 0 Å². The van der Waals surface area contributed by atoms with Crippen molar-refractivity contribution in [2.75, 3.05) is 19.8 Å². The maximum Gasteiger partial charge on any atom is 0.311 e. The third-order valence-electron chi connectivity index (χ3n) is 7.94. The van der Waals surface area contributed by atoms with Gasteiger partial charge in [-0.15, -0.1) is 11.8 Å². The molecule has 4 heterocycles. The Hall–Kier alpha value is -2.58. The van der Waals surface area contributed by atoms with E-state index in [-0.39, 0.29) is 35.6 Å². The fourth-order valence-corrected chi connectivity index (χ4v) is 8.39. The number of cyclic esters (lactones) is 1. The van der Waals surface area contributed by atoms with Crippen LogP contribution >= 0.6 is 11.8 Å². The van der Waals surface area contributed by atoms with Gasteiger partial charge < -0.3 is 19.6 Å². The number of benzene rings is 1. The fraction of sp³-hybridized carbons (Fsp3) is 0.552. The number of hydrogen-bond donors (Lipinski definition) is 1. The van der Waals surface area contributed by atoms with E-state index < -0.39 is 28.7 Å². The summed E-state index contributed by atoms with van der Waals surface area (Å²) in [7, 11) is 0. The number of rotatable bonds is 6. The van der Waals surface area contributed by atoms with Crippen LogP contribution in [0.15, 0.2) is 54.6 Å². The van der Waals surface area contributed by atoms with Crippen molar-refractivity contribution in [2.24, 2.45) is 17.8 Å². The van der Waals surface area contributed by atoms with Gasteiger partial charge in [-0.1, -0.05) is 68.5 Å². The molecule has 2 amide bonds. The van der Waals surface area contributed by atoms with Crippen LogP contribution in [0.3, 0.4) is 0 Å². The van der Waals surface area contributed by atoms with Crippen LogP contribution in [0, 0.1) is 17.8 Å². The number of allylic oxidation sites excluding steroid dienone is 1. The summed E-state index contributed by atoms with van der Waals surface area (Å²) in [6, 6.07) is 8.52. The number of hydrogen-bond acceptors (Lipinski definition) is 6. The van der Waals surface area contributed by atoms with Gasteiger partial charge >= 0.3 is 5.97 Å². The van der Waals surface area contributed by atoms with Crippen LogP contribution in [-0.2, 0) is 25.7 Å². The molecule has 0 bridgehead atoms. The van der Waals surface area contributed by atoms with E-state index in [0.717, 1.165) is 18.4 Å². The largest absolute Gasteiger partial charge is 0.465 e. The van der Waals surface area contributed by atoms with Crippen molar-refractivity contribution >= 4 is 29.5 Å². The van der Waals surface area contributed by atoms with Gasteiger partial charge in [0.1, 0.15) is 6.04 Å². The number of amides is 2. The quantitative estimate of drug-likeness (QED) is 0.454. The SMILES string of the molecule is CC(C)C[C@H](CO)N1C(=O)[C@@H]2[C@H]3C(=O)OCCC/C=C\[C@H]3S[C@@]23C=CCN(Cc2ccccc2)C(=O)C13. The molecule has 37 heavy (non-hydrogen) atoms. The van der Waals surface area contributed by atoms with E-state index in [1.54, 1.807) is 21.6 Å². The Bertz CT molecular complexity index is 1090. The van der Waals surface area contributed by atoms with Crippen molar-refractivity contribution in [1.29, 1.82) is 0 Å². The summed E-state index contributed by atoms with van der Waals surface area (Å²) in [5, 5.41) is 10.2. The third kappa shape index (κ3) is 4.63. The highest BCUT2D eigenvalue weighted by Gasteiger charge is 2.71. The Labute approximate surface area is 222 Å². The standard InChI is InChI=1S/C29H36N2O5S/c1-19(2)16-21(18-32)31-25-27(34)30(17-20-10-5-3-6-11-20)14-9-13-29(25)24(26(31)33)23-22(37-29)12-7-4-8-15-36-28(23)35/h3,5-7,9-13,19,21-25,32H,4,8,14-18H2,1-2H3/b12-7-/t21-,22-,23+,24+,25?,29+/m1/s1. The number of ether oxygens (including phenoxy) is 1. The van der Waals surface area contributed by atoms with Gasteiger partial charge in [-0.2, -0.15) is 0 Å². The smallest absolute Gasteiger partial charge is 0.311 e. The molecule has 7 nitrogen and oxygen atoms in total. The molecule has 2 fully saturated rings. The monoisotopic (exact) mass is 524 g/mol. The van der Waals surface area contributed by atoms with E-state index in [2.05, 4.69) is 6.08 Å². The maximum atomic E-state index is 14.4. The summed E-state index contributed by atoms with van der Waals surface area (Å²) in [4.78, 5) is 45.4. The number of likely N-dealkylation sites (tertiary alicyclic amines) is 1. The molecule has 0 aromatic heterocycles. The molecule has 1 aromatic rings. The van der Waals surface area contributed by atoms with E-state index in [1.807, 2.05) is 62.4 Å². The molecule has 6 atom stereocenters. The van der Waals surface area contributed by atoms with Crippen LogP contribution in [0.5, 0.6) is 0 Å². The number of esters is 1. The van der Waals surface area contributed by atoms with E-state index in [0.29, 0.717) is 26.1 Å². The topological polar surface area (TPSA) is 87.2 Å². The van der Waals surface area contributed by atoms with Crippen LogP contribution in [0.4, 0.5) is 0 Å². The molecule has 5 rings (SSSR count). The van der Waals surface area contributed by atoms with Crippen LogP contribution in [0.1, 0.15) is 38.7 Å². The second kappa shape index (κ2) is 10.7. The first-order valence-corrected chi connectivity index (χ1v) is 14.2. The van der Waals surface area contributed by atoms with Gasteiger partial charge in [-0.3, -0.25) is 14.4 Å². The number of thioether (sulfide) groups is 1. The second-order valence-corrected chi connectivity index (χ2v) is 12.4. The zero-order valence-corrected chi connectivity index (χ0v) is 22.3. The van der Waals surface area contributed by atoms with Crippen molar-refractivity contribution in [1.82, 2.24) is 9.80 Å². The molecule has 4 aliphatic rings. The Morgan fingerprint density at radius 1 is 1.14 bits per heavy atom. The van der Waals surface area contributed by atoms with E-state index in [4.69, 9.17) is 4.74 Å². The molecule has 0 radical (unpaired) electrons. The Morgan fingerprint density at radius 3 is 2.65 bits per heavy atom. The summed E-state index contributed by atoms with van der Waals surface area (Å²) >= 11 is 1.55. The lowest BCUT2D eigenvalue weighted by Gasteiger charge is -2.39. The zero-order chi connectivity index (χ0) is 26.2. The van der Waals surface area contributed by atoms with Crippen LogP contribution < -0.4 is 0 Å². The summed E-state index contributed by atoms with van der Waals surface area (Å²) in [5.74, 6) is -1.90.